The van der Waals surface area contributed by atoms with Crippen LogP contribution >= 0.6 is 34.4 Å². The number of thiophene rings is 1. The van der Waals surface area contributed by atoms with Crippen LogP contribution in [0.3, 0.4) is 0 Å². The molecular formula is C46H30N4S3. The van der Waals surface area contributed by atoms with Gasteiger partial charge in [-0.3, -0.25) is 0 Å². The molecule has 3 aliphatic rings. The Hall–Kier alpha value is -5.60. The fourth-order valence-electron chi connectivity index (χ4n) is 7.86. The monoisotopic (exact) mass is 734 g/mol. The van der Waals surface area contributed by atoms with E-state index in [4.69, 9.17) is 15.0 Å². The minimum atomic E-state index is -0.396. The molecular weight excluding hydrogens is 705 g/mol. The number of amidine groups is 2. The molecule has 1 N–H and O–H groups in total. The van der Waals surface area contributed by atoms with Crippen molar-refractivity contribution in [3.8, 4) is 10.6 Å². The van der Waals surface area contributed by atoms with Crippen LogP contribution in [-0.4, -0.2) is 21.9 Å². The van der Waals surface area contributed by atoms with Crippen molar-refractivity contribution in [2.45, 2.75) is 22.2 Å². The lowest BCUT2D eigenvalue weighted by atomic mass is 9.84. The first-order valence-corrected chi connectivity index (χ1v) is 20.3. The lowest BCUT2D eigenvalue weighted by Crippen LogP contribution is -2.36. The van der Waals surface area contributed by atoms with E-state index in [1.165, 1.54) is 46.5 Å². The average Bonchev–Trinajstić information content (AvgIpc) is 3.95. The van der Waals surface area contributed by atoms with Crippen LogP contribution in [0.1, 0.15) is 39.9 Å². The molecule has 2 aromatic heterocycles. The molecule has 0 amide bonds. The van der Waals surface area contributed by atoms with Gasteiger partial charge in [-0.25, -0.2) is 15.0 Å². The second-order valence-electron chi connectivity index (χ2n) is 13.5. The summed E-state index contributed by atoms with van der Waals surface area (Å²) in [6, 6.07) is 49.7. The van der Waals surface area contributed by atoms with Gasteiger partial charge >= 0.3 is 0 Å². The van der Waals surface area contributed by atoms with E-state index >= 15 is 0 Å². The molecule has 0 bridgehead atoms. The van der Waals surface area contributed by atoms with Crippen molar-refractivity contribution in [3.05, 3.63) is 186 Å². The predicted octanol–water partition coefficient (Wildman–Crippen LogP) is 12.0. The van der Waals surface area contributed by atoms with Gasteiger partial charge in [0.2, 0.25) is 0 Å². The van der Waals surface area contributed by atoms with Crippen molar-refractivity contribution < 1.29 is 0 Å². The Balaban J connectivity index is 0.992. The van der Waals surface area contributed by atoms with Gasteiger partial charge in [0.15, 0.2) is 6.17 Å². The van der Waals surface area contributed by atoms with Crippen LogP contribution in [0.2, 0.25) is 0 Å². The number of aromatic nitrogens is 1. The highest BCUT2D eigenvalue weighted by Gasteiger charge is 2.38. The minimum Gasteiger partial charge on any atom is -0.324 e. The van der Waals surface area contributed by atoms with Gasteiger partial charge in [0.1, 0.15) is 16.7 Å². The first kappa shape index (κ1) is 31.0. The SMILES string of the molecule is C1=CC2c3cccc(C4N=C(c5ccccc5)NC(c5cccc6c5sc5ccccc56)=N4)c3SC2C(c2cccc(-c3nc4ccccc4s3)c2)=C1. The largest absolute Gasteiger partial charge is 0.324 e. The Morgan fingerprint density at radius 3 is 2.25 bits per heavy atom. The van der Waals surface area contributed by atoms with E-state index in [0.717, 1.165) is 44.4 Å². The molecule has 6 aromatic carbocycles. The van der Waals surface area contributed by atoms with Gasteiger partial charge in [-0.2, -0.15) is 0 Å². The van der Waals surface area contributed by atoms with E-state index in [9.17, 15) is 0 Å². The number of para-hydroxylation sites is 1. The number of hydrogen-bond donors (Lipinski definition) is 1. The summed E-state index contributed by atoms with van der Waals surface area (Å²) in [5, 5.41) is 7.51. The van der Waals surface area contributed by atoms with Crippen LogP contribution in [0.4, 0.5) is 0 Å². The number of benzene rings is 6. The van der Waals surface area contributed by atoms with Crippen molar-refractivity contribution in [1.29, 1.82) is 0 Å². The van der Waals surface area contributed by atoms with Crippen molar-refractivity contribution in [2.75, 3.05) is 0 Å². The Morgan fingerprint density at radius 1 is 0.585 bits per heavy atom. The highest BCUT2D eigenvalue weighted by molar-refractivity contribution is 8.00. The quantitative estimate of drug-likeness (QED) is 0.192. The number of thiazole rings is 1. The second kappa shape index (κ2) is 12.5. The highest BCUT2D eigenvalue weighted by atomic mass is 32.2. The van der Waals surface area contributed by atoms with Gasteiger partial charge in [-0.05, 0) is 47.0 Å². The first-order chi connectivity index (χ1) is 26.2. The van der Waals surface area contributed by atoms with E-state index < -0.39 is 6.17 Å². The number of thioether (sulfide) groups is 1. The topological polar surface area (TPSA) is 49.6 Å². The maximum absolute atomic E-state index is 5.43. The molecule has 4 nitrogen and oxygen atoms in total. The molecule has 7 heteroatoms. The van der Waals surface area contributed by atoms with Crippen LogP contribution in [-0.2, 0) is 0 Å². The van der Waals surface area contributed by atoms with Gasteiger partial charge in [0.25, 0.3) is 0 Å². The molecule has 3 atom stereocenters. The lowest BCUT2D eigenvalue weighted by Gasteiger charge is -2.24. The molecule has 1 aliphatic carbocycles. The van der Waals surface area contributed by atoms with E-state index in [1.54, 1.807) is 11.3 Å². The normalized spacial score (nSPS) is 19.1. The molecule has 2 aliphatic heterocycles. The molecule has 11 rings (SSSR count). The average molecular weight is 735 g/mol. The number of rotatable bonds is 5. The van der Waals surface area contributed by atoms with Crippen LogP contribution in [0.15, 0.2) is 173 Å². The molecule has 8 aromatic rings. The number of allylic oxidation sites excluding steroid dienone is 3. The summed E-state index contributed by atoms with van der Waals surface area (Å²) in [6.45, 7) is 0. The Labute approximate surface area is 319 Å². The number of nitrogens with zero attached hydrogens (tertiary/aromatic N) is 3. The van der Waals surface area contributed by atoms with E-state index in [-0.39, 0.29) is 11.2 Å². The summed E-state index contributed by atoms with van der Waals surface area (Å²) in [7, 11) is 0. The summed E-state index contributed by atoms with van der Waals surface area (Å²) in [4.78, 5) is 17.0. The summed E-state index contributed by atoms with van der Waals surface area (Å²) in [6.07, 6.45) is 6.51. The zero-order valence-corrected chi connectivity index (χ0v) is 30.8. The summed E-state index contributed by atoms with van der Waals surface area (Å²) in [5.41, 5.74) is 9.43. The molecule has 0 saturated heterocycles. The van der Waals surface area contributed by atoms with Crippen molar-refractivity contribution in [3.63, 3.8) is 0 Å². The maximum atomic E-state index is 5.43. The third kappa shape index (κ3) is 5.22. The minimum absolute atomic E-state index is 0.247. The number of hydrogen-bond acceptors (Lipinski definition) is 7. The van der Waals surface area contributed by atoms with Gasteiger partial charge in [-0.15, -0.1) is 34.4 Å². The van der Waals surface area contributed by atoms with E-state index in [0.29, 0.717) is 0 Å². The third-order valence-electron chi connectivity index (χ3n) is 10.4. The number of nitrogens with one attached hydrogen (secondary N) is 1. The van der Waals surface area contributed by atoms with Crippen LogP contribution in [0.25, 0.3) is 46.5 Å². The summed E-state index contributed by atoms with van der Waals surface area (Å²) in [5.74, 6) is 1.95. The van der Waals surface area contributed by atoms with Crippen LogP contribution in [0.5, 0.6) is 0 Å². The molecule has 0 saturated carbocycles. The molecule has 0 radical (unpaired) electrons. The Bertz CT molecular complexity index is 2840. The van der Waals surface area contributed by atoms with E-state index in [2.05, 4.69) is 157 Å². The van der Waals surface area contributed by atoms with Crippen molar-refractivity contribution in [1.82, 2.24) is 10.3 Å². The van der Waals surface area contributed by atoms with Crippen molar-refractivity contribution >= 4 is 82.1 Å². The van der Waals surface area contributed by atoms with Crippen LogP contribution in [0, 0.1) is 0 Å². The Kier molecular flexibility index (Phi) is 7.32. The zero-order valence-electron chi connectivity index (χ0n) is 28.3. The molecule has 3 unspecified atom stereocenters. The maximum Gasteiger partial charge on any atom is 0.170 e. The van der Waals surface area contributed by atoms with Gasteiger partial charge in [0.05, 0.1) is 10.2 Å². The second-order valence-corrected chi connectivity index (χ2v) is 16.7. The molecule has 53 heavy (non-hydrogen) atoms. The van der Waals surface area contributed by atoms with Crippen molar-refractivity contribution in [2.24, 2.45) is 9.98 Å². The Morgan fingerprint density at radius 2 is 1.32 bits per heavy atom. The fraction of sp³-hybridized carbons (Fsp3) is 0.0652. The number of aliphatic imine (C=N–C) groups is 2. The summed E-state index contributed by atoms with van der Waals surface area (Å²) < 4.78 is 3.73. The van der Waals surface area contributed by atoms with E-state index in [1.807, 2.05) is 29.2 Å². The van der Waals surface area contributed by atoms with Gasteiger partial charge in [0, 0.05) is 58.5 Å². The predicted molar refractivity (Wildman–Crippen MR) is 226 cm³/mol. The number of fused-ring (bicyclic) bond motifs is 7. The van der Waals surface area contributed by atoms with Crippen LogP contribution < -0.4 is 5.32 Å². The van der Waals surface area contributed by atoms with Gasteiger partial charge < -0.3 is 5.32 Å². The lowest BCUT2D eigenvalue weighted by molar-refractivity contribution is 0.735. The molecule has 0 fully saturated rings. The molecule has 4 heterocycles. The first-order valence-electron chi connectivity index (χ1n) is 17.8. The zero-order chi connectivity index (χ0) is 34.9. The molecule has 0 spiro atoms. The highest BCUT2D eigenvalue weighted by Crippen LogP contribution is 2.55. The fourth-order valence-corrected chi connectivity index (χ4v) is 11.7. The molecule has 252 valence electrons. The van der Waals surface area contributed by atoms with Gasteiger partial charge in [-0.1, -0.05) is 127 Å². The third-order valence-corrected chi connectivity index (χ3v) is 14.2. The standard InChI is InChI=1S/C46H30N4S3/c1-2-12-27(13-3-1)43-48-44(35-21-10-18-32-31-16-4-6-24-38(31)51-41(32)35)50-45(49-43)36-22-11-20-34-33-19-9-17-30(40(33)53-42(34)36)28-14-8-15-29(26-28)46-47-37-23-5-7-25-39(37)52-46/h1-26,33,40,45H,(H,48,49,50). The summed E-state index contributed by atoms with van der Waals surface area (Å²) >= 11 is 5.54. The smallest absolute Gasteiger partial charge is 0.170 e.